The molecule has 154 valence electrons. The molecule has 4 rings (SSSR count). The average molecular weight is 413 g/mol. The molecule has 2 heterocycles. The summed E-state index contributed by atoms with van der Waals surface area (Å²) in [6, 6.07) is 12.6. The van der Waals surface area contributed by atoms with Crippen LogP contribution in [0, 0.1) is 0 Å². The predicted molar refractivity (Wildman–Crippen MR) is 114 cm³/mol. The molecule has 0 saturated carbocycles. The van der Waals surface area contributed by atoms with Crippen molar-refractivity contribution in [3.63, 3.8) is 0 Å². The van der Waals surface area contributed by atoms with E-state index in [1.165, 1.54) is 40.2 Å². The first-order valence-electron chi connectivity index (χ1n) is 10.5. The molecule has 1 aromatic heterocycles. The normalized spacial score (nSPS) is 17.5. The molecule has 6 heteroatoms. The van der Waals surface area contributed by atoms with Crippen LogP contribution in [0.25, 0.3) is 0 Å². The number of nitrogens with one attached hydrogen (secondary N) is 1. The van der Waals surface area contributed by atoms with Gasteiger partial charge in [0.1, 0.15) is 4.88 Å². The largest absolute Gasteiger partial charge is 0.451 e. The first kappa shape index (κ1) is 20.1. The highest BCUT2D eigenvalue weighted by Crippen LogP contribution is 2.30. The molecule has 1 aromatic carbocycles. The number of thiophene rings is 1. The van der Waals surface area contributed by atoms with E-state index in [1.807, 2.05) is 12.1 Å². The van der Waals surface area contributed by atoms with Gasteiger partial charge in [0.25, 0.3) is 5.91 Å². The van der Waals surface area contributed by atoms with Crippen LogP contribution >= 0.6 is 11.3 Å². The van der Waals surface area contributed by atoms with E-state index in [4.69, 9.17) is 4.74 Å². The fourth-order valence-electron chi connectivity index (χ4n) is 4.14. The molecule has 0 atom stereocenters. The Kier molecular flexibility index (Phi) is 6.62. The van der Waals surface area contributed by atoms with Gasteiger partial charge < -0.3 is 10.1 Å². The summed E-state index contributed by atoms with van der Waals surface area (Å²) in [4.78, 5) is 28.8. The lowest BCUT2D eigenvalue weighted by Crippen LogP contribution is -2.45. The number of likely N-dealkylation sites (tertiary alicyclic amines) is 1. The molecule has 1 fully saturated rings. The SMILES string of the molecule is O=C(COC(=O)c1cc2c(s1)CCCC2)NC1CCN(Cc2ccccc2)CC1. The molecule has 2 aromatic rings. The number of rotatable bonds is 6. The second-order valence-corrected chi connectivity index (χ2v) is 9.08. The van der Waals surface area contributed by atoms with Crippen molar-refractivity contribution >= 4 is 23.2 Å². The quantitative estimate of drug-likeness (QED) is 0.737. The van der Waals surface area contributed by atoms with Crippen LogP contribution in [0.1, 0.15) is 51.4 Å². The van der Waals surface area contributed by atoms with E-state index in [0.717, 1.165) is 45.3 Å². The number of hydrogen-bond acceptors (Lipinski definition) is 5. The molecule has 2 aliphatic rings. The van der Waals surface area contributed by atoms with E-state index < -0.39 is 0 Å². The van der Waals surface area contributed by atoms with Gasteiger partial charge in [0, 0.05) is 30.6 Å². The lowest BCUT2D eigenvalue weighted by molar-refractivity contribution is -0.125. The molecule has 1 N–H and O–H groups in total. The highest BCUT2D eigenvalue weighted by Gasteiger charge is 2.22. The Hall–Kier alpha value is -2.18. The molecular formula is C23H28N2O3S. The summed E-state index contributed by atoms with van der Waals surface area (Å²) in [5.41, 5.74) is 2.59. The Balaban J connectivity index is 1.17. The number of amides is 1. The monoisotopic (exact) mass is 412 g/mol. The van der Waals surface area contributed by atoms with Gasteiger partial charge in [-0.15, -0.1) is 11.3 Å². The summed E-state index contributed by atoms with van der Waals surface area (Å²) in [5, 5.41) is 3.02. The van der Waals surface area contributed by atoms with Crippen LogP contribution in [-0.2, 0) is 28.9 Å². The minimum absolute atomic E-state index is 0.155. The van der Waals surface area contributed by atoms with Crippen LogP contribution < -0.4 is 5.32 Å². The summed E-state index contributed by atoms with van der Waals surface area (Å²) in [7, 11) is 0. The third-order valence-electron chi connectivity index (χ3n) is 5.73. The van der Waals surface area contributed by atoms with E-state index in [9.17, 15) is 9.59 Å². The minimum atomic E-state index is -0.378. The zero-order valence-electron chi connectivity index (χ0n) is 16.7. The lowest BCUT2D eigenvalue weighted by Gasteiger charge is -2.32. The van der Waals surface area contributed by atoms with Crippen molar-refractivity contribution in [2.24, 2.45) is 0 Å². The third-order valence-corrected chi connectivity index (χ3v) is 6.95. The van der Waals surface area contributed by atoms with E-state index in [0.29, 0.717) is 4.88 Å². The number of carbonyl (C=O) groups is 2. The van der Waals surface area contributed by atoms with Gasteiger partial charge in [0.15, 0.2) is 6.61 Å². The summed E-state index contributed by atoms with van der Waals surface area (Å²) in [5.74, 6) is -0.585. The second kappa shape index (κ2) is 9.55. The molecule has 1 aliphatic carbocycles. The van der Waals surface area contributed by atoms with Crippen molar-refractivity contribution in [1.29, 1.82) is 0 Å². The number of hydrogen-bond donors (Lipinski definition) is 1. The summed E-state index contributed by atoms with van der Waals surface area (Å²) >= 11 is 1.52. The number of fused-ring (bicyclic) bond motifs is 1. The van der Waals surface area contributed by atoms with Crippen LogP contribution in [0.4, 0.5) is 0 Å². The number of nitrogens with zero attached hydrogens (tertiary/aromatic N) is 1. The summed E-state index contributed by atoms with van der Waals surface area (Å²) in [6.45, 7) is 2.66. The fraction of sp³-hybridized carbons (Fsp3) is 0.478. The molecule has 1 aliphatic heterocycles. The van der Waals surface area contributed by atoms with Crippen LogP contribution in [0.15, 0.2) is 36.4 Å². The zero-order valence-corrected chi connectivity index (χ0v) is 17.5. The number of carbonyl (C=O) groups excluding carboxylic acids is 2. The highest BCUT2D eigenvalue weighted by molar-refractivity contribution is 7.14. The van der Waals surface area contributed by atoms with Gasteiger partial charge in [0.05, 0.1) is 0 Å². The van der Waals surface area contributed by atoms with Gasteiger partial charge in [-0.3, -0.25) is 9.69 Å². The predicted octanol–water partition coefficient (Wildman–Crippen LogP) is 3.56. The maximum atomic E-state index is 12.3. The molecule has 5 nitrogen and oxygen atoms in total. The van der Waals surface area contributed by atoms with Crippen molar-refractivity contribution in [3.8, 4) is 0 Å². The average Bonchev–Trinajstić information content (AvgIpc) is 3.19. The van der Waals surface area contributed by atoms with Crippen LogP contribution in [0.5, 0.6) is 0 Å². The van der Waals surface area contributed by atoms with Gasteiger partial charge in [-0.05, 0) is 55.7 Å². The lowest BCUT2D eigenvalue weighted by atomic mass is 9.99. The highest BCUT2D eigenvalue weighted by atomic mass is 32.1. The maximum Gasteiger partial charge on any atom is 0.348 e. The Morgan fingerprint density at radius 3 is 2.62 bits per heavy atom. The van der Waals surface area contributed by atoms with E-state index >= 15 is 0 Å². The van der Waals surface area contributed by atoms with Crippen molar-refractivity contribution in [2.45, 2.75) is 51.1 Å². The summed E-state index contributed by atoms with van der Waals surface area (Å²) < 4.78 is 5.26. The Labute approximate surface area is 176 Å². The molecular weight excluding hydrogens is 384 g/mol. The Morgan fingerprint density at radius 1 is 1.10 bits per heavy atom. The molecule has 1 saturated heterocycles. The molecule has 0 unspecified atom stereocenters. The first-order valence-corrected chi connectivity index (χ1v) is 11.3. The van der Waals surface area contributed by atoms with E-state index in [-0.39, 0.29) is 24.5 Å². The Morgan fingerprint density at radius 2 is 1.86 bits per heavy atom. The number of esters is 1. The van der Waals surface area contributed by atoms with Crippen molar-refractivity contribution in [1.82, 2.24) is 10.2 Å². The van der Waals surface area contributed by atoms with Crippen molar-refractivity contribution in [3.05, 3.63) is 57.3 Å². The van der Waals surface area contributed by atoms with E-state index in [2.05, 4.69) is 34.5 Å². The third kappa shape index (κ3) is 5.46. The van der Waals surface area contributed by atoms with Gasteiger partial charge in [0.2, 0.25) is 0 Å². The Bertz CT molecular complexity index is 818. The van der Waals surface area contributed by atoms with Crippen LogP contribution in [-0.4, -0.2) is 42.5 Å². The standard InChI is InChI=1S/C23H28N2O3S/c26-22(16-28-23(27)21-14-18-8-4-5-9-20(18)29-21)24-19-10-12-25(13-11-19)15-17-6-2-1-3-7-17/h1-3,6-7,14,19H,4-5,8-13,15-16H2,(H,24,26). The van der Waals surface area contributed by atoms with E-state index in [1.54, 1.807) is 0 Å². The van der Waals surface area contributed by atoms with Gasteiger partial charge in [-0.25, -0.2) is 4.79 Å². The number of benzene rings is 1. The molecule has 1 amide bonds. The molecule has 0 bridgehead atoms. The summed E-state index contributed by atoms with van der Waals surface area (Å²) in [6.07, 6.45) is 6.31. The number of aryl methyl sites for hydroxylation is 2. The van der Waals surface area contributed by atoms with Crippen LogP contribution in [0.2, 0.25) is 0 Å². The maximum absolute atomic E-state index is 12.3. The van der Waals surface area contributed by atoms with Gasteiger partial charge in [-0.2, -0.15) is 0 Å². The van der Waals surface area contributed by atoms with Crippen LogP contribution in [0.3, 0.4) is 0 Å². The fourth-order valence-corrected chi connectivity index (χ4v) is 5.29. The molecule has 29 heavy (non-hydrogen) atoms. The topological polar surface area (TPSA) is 58.6 Å². The molecule has 0 spiro atoms. The number of ether oxygens (including phenoxy) is 1. The van der Waals surface area contributed by atoms with Crippen molar-refractivity contribution in [2.75, 3.05) is 19.7 Å². The zero-order chi connectivity index (χ0) is 20.1. The second-order valence-electron chi connectivity index (χ2n) is 7.95. The minimum Gasteiger partial charge on any atom is -0.451 e. The van der Waals surface area contributed by atoms with Crippen molar-refractivity contribution < 1.29 is 14.3 Å². The first-order chi connectivity index (χ1) is 14.2. The smallest absolute Gasteiger partial charge is 0.348 e. The molecule has 0 radical (unpaired) electrons. The van der Waals surface area contributed by atoms with Gasteiger partial charge in [-0.1, -0.05) is 30.3 Å². The van der Waals surface area contributed by atoms with Gasteiger partial charge >= 0.3 is 5.97 Å². The number of piperidine rings is 1.